The highest BCUT2D eigenvalue weighted by Crippen LogP contribution is 2.20. The minimum Gasteiger partial charge on any atom is -0.423 e. The van der Waals surface area contributed by atoms with Crippen LogP contribution in [0.15, 0.2) is 30.3 Å². The van der Waals surface area contributed by atoms with Crippen LogP contribution in [-0.2, 0) is 4.65 Å². The molecule has 0 spiro atoms. The van der Waals surface area contributed by atoms with Crippen molar-refractivity contribution in [2.45, 2.75) is 33.3 Å². The highest BCUT2D eigenvalue weighted by atomic mass is 16.5. The van der Waals surface area contributed by atoms with Gasteiger partial charge in [-0.25, -0.2) is 0 Å². The van der Waals surface area contributed by atoms with E-state index in [-0.39, 0.29) is 5.60 Å². The normalized spacial score (nSPS) is 11.9. The van der Waals surface area contributed by atoms with Gasteiger partial charge in [-0.2, -0.15) is 0 Å². The average molecular weight is 206 g/mol. The highest BCUT2D eigenvalue weighted by molar-refractivity contribution is 6.60. The van der Waals surface area contributed by atoms with E-state index in [2.05, 4.69) is 13.8 Å². The lowest BCUT2D eigenvalue weighted by atomic mass is 9.77. The lowest BCUT2D eigenvalue weighted by molar-refractivity contribution is 0.0423. The Morgan fingerprint density at radius 2 is 1.73 bits per heavy atom. The van der Waals surface area contributed by atoms with Gasteiger partial charge in [-0.15, -0.1) is 0 Å². The molecule has 0 aliphatic heterocycles. The molecule has 2 nitrogen and oxygen atoms in total. The first-order valence-electron chi connectivity index (χ1n) is 5.34. The second kappa shape index (κ2) is 4.82. The van der Waals surface area contributed by atoms with E-state index in [9.17, 15) is 5.02 Å². The van der Waals surface area contributed by atoms with Crippen LogP contribution in [0, 0.1) is 5.92 Å². The number of benzene rings is 1. The van der Waals surface area contributed by atoms with Gasteiger partial charge in [0.05, 0.1) is 5.60 Å². The number of rotatable bonds is 4. The largest absolute Gasteiger partial charge is 0.491 e. The molecule has 0 aliphatic carbocycles. The summed E-state index contributed by atoms with van der Waals surface area (Å²) in [6.07, 6.45) is 0. The van der Waals surface area contributed by atoms with Gasteiger partial charge >= 0.3 is 7.12 Å². The third kappa shape index (κ3) is 3.36. The molecule has 0 unspecified atom stereocenters. The van der Waals surface area contributed by atoms with Crippen LogP contribution in [0.2, 0.25) is 0 Å². The van der Waals surface area contributed by atoms with Gasteiger partial charge in [-0.05, 0) is 25.2 Å². The Kier molecular flexibility index (Phi) is 3.94. The molecule has 0 saturated carbocycles. The van der Waals surface area contributed by atoms with Crippen LogP contribution in [0.25, 0.3) is 0 Å². The summed E-state index contributed by atoms with van der Waals surface area (Å²) >= 11 is 0. The molecule has 0 amide bonds. The predicted octanol–water partition coefficient (Wildman–Crippen LogP) is 1.83. The zero-order valence-corrected chi connectivity index (χ0v) is 9.90. The van der Waals surface area contributed by atoms with E-state index in [4.69, 9.17) is 4.65 Å². The van der Waals surface area contributed by atoms with Crippen molar-refractivity contribution in [3.63, 3.8) is 0 Å². The molecule has 3 heteroatoms. The van der Waals surface area contributed by atoms with Crippen molar-refractivity contribution in [2.75, 3.05) is 0 Å². The summed E-state index contributed by atoms with van der Waals surface area (Å²) < 4.78 is 5.64. The molecule has 0 radical (unpaired) electrons. The van der Waals surface area contributed by atoms with Gasteiger partial charge in [0.2, 0.25) is 0 Å². The summed E-state index contributed by atoms with van der Waals surface area (Å²) in [6.45, 7) is 8.14. The zero-order valence-electron chi connectivity index (χ0n) is 9.90. The summed E-state index contributed by atoms with van der Waals surface area (Å²) in [4.78, 5) is 0. The fraction of sp³-hybridized carbons (Fsp3) is 0.500. The van der Waals surface area contributed by atoms with Crippen molar-refractivity contribution in [1.29, 1.82) is 0 Å². The maximum atomic E-state index is 9.88. The summed E-state index contributed by atoms with van der Waals surface area (Å²) in [6, 6.07) is 9.43. The molecular formula is C12H19BO2. The smallest absolute Gasteiger partial charge is 0.423 e. The Labute approximate surface area is 92.4 Å². The average Bonchev–Trinajstić information content (AvgIpc) is 2.18. The molecule has 1 aromatic rings. The van der Waals surface area contributed by atoms with Crippen molar-refractivity contribution in [3.05, 3.63) is 30.3 Å². The third-order valence-corrected chi connectivity index (χ3v) is 2.89. The van der Waals surface area contributed by atoms with Gasteiger partial charge in [-0.1, -0.05) is 44.2 Å². The second-order valence-corrected chi connectivity index (χ2v) is 4.64. The minimum atomic E-state index is -0.844. The maximum Gasteiger partial charge on any atom is 0.491 e. The van der Waals surface area contributed by atoms with E-state index < -0.39 is 7.12 Å². The Morgan fingerprint density at radius 1 is 1.20 bits per heavy atom. The zero-order chi connectivity index (χ0) is 11.5. The van der Waals surface area contributed by atoms with Crippen molar-refractivity contribution >= 4 is 12.6 Å². The topological polar surface area (TPSA) is 29.5 Å². The predicted molar refractivity (Wildman–Crippen MR) is 64.1 cm³/mol. The third-order valence-electron chi connectivity index (χ3n) is 2.89. The van der Waals surface area contributed by atoms with Crippen LogP contribution < -0.4 is 5.46 Å². The van der Waals surface area contributed by atoms with Gasteiger partial charge in [0, 0.05) is 0 Å². The second-order valence-electron chi connectivity index (χ2n) is 4.64. The quantitative estimate of drug-likeness (QED) is 0.761. The molecule has 0 bridgehead atoms. The van der Waals surface area contributed by atoms with Gasteiger partial charge < -0.3 is 9.68 Å². The molecule has 82 valence electrons. The molecule has 0 aromatic heterocycles. The molecule has 0 atom stereocenters. The van der Waals surface area contributed by atoms with Crippen LogP contribution in [0.5, 0.6) is 0 Å². The monoisotopic (exact) mass is 206 g/mol. The lowest BCUT2D eigenvalue weighted by Gasteiger charge is -2.31. The van der Waals surface area contributed by atoms with E-state index in [1.807, 2.05) is 44.2 Å². The van der Waals surface area contributed by atoms with Crippen LogP contribution >= 0.6 is 0 Å². The van der Waals surface area contributed by atoms with Crippen molar-refractivity contribution in [3.8, 4) is 0 Å². The SMILES string of the molecule is CC(C)C(C)(C)OB(O)c1ccccc1. The summed E-state index contributed by atoms with van der Waals surface area (Å²) in [5.74, 6) is 0.357. The summed E-state index contributed by atoms with van der Waals surface area (Å²) in [7, 11) is -0.844. The standard InChI is InChI=1S/C12H19BO2/c1-10(2)12(3,4)15-13(14)11-8-6-5-7-9-11/h5-10,14H,1-4H3. The van der Waals surface area contributed by atoms with E-state index in [1.54, 1.807) is 0 Å². The minimum absolute atomic E-state index is 0.324. The summed E-state index contributed by atoms with van der Waals surface area (Å²) in [5, 5.41) is 9.88. The van der Waals surface area contributed by atoms with Gasteiger partial charge in [0.25, 0.3) is 0 Å². The van der Waals surface area contributed by atoms with Crippen LogP contribution in [0.3, 0.4) is 0 Å². The molecule has 1 rings (SSSR count). The van der Waals surface area contributed by atoms with E-state index >= 15 is 0 Å². The molecule has 1 N–H and O–H groups in total. The maximum absolute atomic E-state index is 9.88. The Hall–Kier alpha value is -0.795. The van der Waals surface area contributed by atoms with E-state index in [0.717, 1.165) is 5.46 Å². The molecule has 0 fully saturated rings. The van der Waals surface area contributed by atoms with E-state index in [1.165, 1.54) is 0 Å². The van der Waals surface area contributed by atoms with Crippen molar-refractivity contribution < 1.29 is 9.68 Å². The fourth-order valence-electron chi connectivity index (χ4n) is 1.11. The molecule has 0 aliphatic rings. The van der Waals surface area contributed by atoms with Gasteiger partial charge in [-0.3, -0.25) is 0 Å². The fourth-order valence-corrected chi connectivity index (χ4v) is 1.11. The first-order chi connectivity index (χ1) is 6.93. The van der Waals surface area contributed by atoms with Gasteiger partial charge in [0.1, 0.15) is 0 Å². The lowest BCUT2D eigenvalue weighted by Crippen LogP contribution is -2.44. The number of hydrogen-bond donors (Lipinski definition) is 1. The first-order valence-corrected chi connectivity index (χ1v) is 5.34. The van der Waals surface area contributed by atoms with E-state index in [0.29, 0.717) is 5.92 Å². The van der Waals surface area contributed by atoms with Crippen molar-refractivity contribution in [2.24, 2.45) is 5.92 Å². The van der Waals surface area contributed by atoms with Crippen LogP contribution in [0.1, 0.15) is 27.7 Å². The molecule has 1 aromatic carbocycles. The molecule has 0 saturated heterocycles. The van der Waals surface area contributed by atoms with Crippen molar-refractivity contribution in [1.82, 2.24) is 0 Å². The number of hydrogen-bond acceptors (Lipinski definition) is 2. The molecule has 0 heterocycles. The van der Waals surface area contributed by atoms with Gasteiger partial charge in [0.15, 0.2) is 0 Å². The Bertz CT molecular complexity index is 296. The molecular weight excluding hydrogens is 187 g/mol. The first kappa shape index (κ1) is 12.3. The Balaban J connectivity index is 2.68. The highest BCUT2D eigenvalue weighted by Gasteiger charge is 2.29. The van der Waals surface area contributed by atoms with Crippen LogP contribution in [0.4, 0.5) is 0 Å². The molecule has 15 heavy (non-hydrogen) atoms. The summed E-state index contributed by atoms with van der Waals surface area (Å²) in [5.41, 5.74) is 0.473. The van der Waals surface area contributed by atoms with Crippen LogP contribution in [-0.4, -0.2) is 17.7 Å². The Morgan fingerprint density at radius 3 is 2.20 bits per heavy atom.